The number of fused-ring (bicyclic) bond motifs is 2. The molecule has 0 fully saturated rings. The molecule has 2 heterocycles. The first-order chi connectivity index (χ1) is 17.2. The Labute approximate surface area is 227 Å². The minimum atomic E-state index is -0.183. The molecule has 1 unspecified atom stereocenters. The Bertz CT molecular complexity index is 1620. The van der Waals surface area contributed by atoms with Crippen molar-refractivity contribution in [1.82, 2.24) is 4.57 Å². The van der Waals surface area contributed by atoms with Crippen molar-refractivity contribution in [2.75, 3.05) is 0 Å². The van der Waals surface area contributed by atoms with Gasteiger partial charge in [0, 0.05) is 21.0 Å². The molecule has 4 nitrogen and oxygen atoms in total. The van der Waals surface area contributed by atoms with Crippen molar-refractivity contribution in [2.45, 2.75) is 12.6 Å². The highest BCUT2D eigenvalue weighted by Gasteiger charge is 2.29. The van der Waals surface area contributed by atoms with E-state index in [0.29, 0.717) is 5.56 Å². The zero-order chi connectivity index (χ0) is 23.8. The molecule has 6 aromatic rings. The van der Waals surface area contributed by atoms with Crippen LogP contribution in [0.3, 0.4) is 0 Å². The lowest BCUT2D eigenvalue weighted by atomic mass is 10.0. The second kappa shape index (κ2) is 10.2. The Morgan fingerprint density at radius 2 is 1.56 bits per heavy atom. The van der Waals surface area contributed by atoms with Crippen LogP contribution in [0, 0.1) is 0 Å². The molecule has 0 aliphatic carbocycles. The second-order valence-corrected chi connectivity index (χ2v) is 9.48. The number of carbonyl (C=O) groups excluding carboxylic acids is 1. The second-order valence-electron chi connectivity index (χ2n) is 8.57. The molecule has 6 heteroatoms. The summed E-state index contributed by atoms with van der Waals surface area (Å²) in [5.74, 6) is 0.912. The number of Topliss-reactive ketones (excluding diaryl/α,β-unsaturated/α-hetero) is 1. The van der Waals surface area contributed by atoms with E-state index in [-0.39, 0.29) is 35.4 Å². The van der Waals surface area contributed by atoms with Crippen molar-refractivity contribution in [3.63, 3.8) is 0 Å². The number of imidazole rings is 1. The molecule has 0 bridgehead atoms. The third-order valence-electron chi connectivity index (χ3n) is 6.32. The number of benzene rings is 4. The summed E-state index contributed by atoms with van der Waals surface area (Å²) in [7, 11) is 0. The third-order valence-corrected chi connectivity index (χ3v) is 6.85. The van der Waals surface area contributed by atoms with Gasteiger partial charge in [-0.2, -0.15) is 0 Å². The summed E-state index contributed by atoms with van der Waals surface area (Å²) in [6.45, 7) is 0.247. The number of hydrogen-bond acceptors (Lipinski definition) is 2. The maximum Gasteiger partial charge on any atom is 0.246 e. The molecule has 178 valence electrons. The van der Waals surface area contributed by atoms with Crippen LogP contribution in [-0.2, 0) is 6.54 Å². The third kappa shape index (κ3) is 4.54. The van der Waals surface area contributed by atoms with Gasteiger partial charge in [-0.1, -0.05) is 88.7 Å². The first-order valence-corrected chi connectivity index (χ1v) is 12.3. The number of halogens is 2. The summed E-state index contributed by atoms with van der Waals surface area (Å²) in [5.41, 5.74) is 4.69. The van der Waals surface area contributed by atoms with Crippen molar-refractivity contribution in [3.05, 3.63) is 137 Å². The van der Waals surface area contributed by atoms with E-state index in [1.807, 2.05) is 83.7 Å². The van der Waals surface area contributed by atoms with Crippen molar-refractivity contribution in [3.8, 4) is 0 Å². The summed E-state index contributed by atoms with van der Waals surface area (Å²) in [5, 5.41) is 1.07. The highest BCUT2D eigenvalue weighted by Crippen LogP contribution is 2.33. The van der Waals surface area contributed by atoms with Crippen molar-refractivity contribution >= 4 is 43.7 Å². The van der Waals surface area contributed by atoms with Crippen LogP contribution in [0.5, 0.6) is 0 Å². The van der Waals surface area contributed by atoms with Crippen LogP contribution in [0.15, 0.2) is 124 Å². The van der Waals surface area contributed by atoms with Crippen LogP contribution in [0.25, 0.3) is 22.0 Å². The van der Waals surface area contributed by atoms with Gasteiger partial charge in [-0.05, 0) is 36.4 Å². The molecule has 1 atom stereocenters. The molecule has 6 rings (SSSR count). The van der Waals surface area contributed by atoms with Gasteiger partial charge in [-0.25, -0.2) is 9.13 Å². The minimum Gasteiger partial charge on any atom is -1.00 e. The number of para-hydroxylation sites is 3. The van der Waals surface area contributed by atoms with Gasteiger partial charge < -0.3 is 21.4 Å². The Kier molecular flexibility index (Phi) is 6.90. The summed E-state index contributed by atoms with van der Waals surface area (Å²) in [4.78, 5) is 13.1. The Hall–Kier alpha value is -3.48. The van der Waals surface area contributed by atoms with E-state index in [1.54, 1.807) is 0 Å². The zero-order valence-electron chi connectivity index (χ0n) is 19.2. The normalized spacial score (nSPS) is 11.9. The van der Waals surface area contributed by atoms with E-state index in [0.717, 1.165) is 37.8 Å². The van der Waals surface area contributed by atoms with E-state index in [2.05, 4.69) is 56.9 Å². The van der Waals surface area contributed by atoms with Crippen LogP contribution in [0.2, 0.25) is 0 Å². The Morgan fingerprint density at radius 3 is 2.33 bits per heavy atom. The predicted octanol–water partition coefficient (Wildman–Crippen LogP) is 3.96. The SMILES string of the molecule is O=C(C[n+]1cn(C(c2ccccc2)c2cc3ccccc3o2)c2ccccc21)c1ccc(Br)cc1.[Br-]. The smallest absolute Gasteiger partial charge is 0.246 e. The number of nitrogens with zero attached hydrogens (tertiary/aromatic N) is 2. The maximum absolute atomic E-state index is 13.1. The van der Waals surface area contributed by atoms with Crippen molar-refractivity contribution < 1.29 is 30.8 Å². The summed E-state index contributed by atoms with van der Waals surface area (Å²) in [6, 6.07) is 36.0. The van der Waals surface area contributed by atoms with Crippen LogP contribution in [-0.4, -0.2) is 10.4 Å². The molecule has 0 saturated heterocycles. The molecule has 36 heavy (non-hydrogen) atoms. The molecule has 2 aromatic heterocycles. The van der Waals surface area contributed by atoms with Gasteiger partial charge in [0.2, 0.25) is 12.1 Å². The fraction of sp³-hybridized carbons (Fsp3) is 0.0667. The van der Waals surface area contributed by atoms with Gasteiger partial charge >= 0.3 is 0 Å². The lowest BCUT2D eigenvalue weighted by molar-refractivity contribution is -0.658. The van der Waals surface area contributed by atoms with Gasteiger partial charge in [0.1, 0.15) is 5.58 Å². The van der Waals surface area contributed by atoms with Gasteiger partial charge in [0.05, 0.1) is 0 Å². The number of aromatic nitrogens is 2. The number of furan rings is 1. The average Bonchev–Trinajstić information content (AvgIpc) is 3.47. The van der Waals surface area contributed by atoms with Crippen LogP contribution < -0.4 is 21.5 Å². The molecule has 0 radical (unpaired) electrons. The number of carbonyl (C=O) groups is 1. The van der Waals surface area contributed by atoms with E-state index in [9.17, 15) is 4.79 Å². The maximum atomic E-state index is 13.1. The Morgan fingerprint density at radius 1 is 0.861 bits per heavy atom. The fourth-order valence-corrected chi connectivity index (χ4v) is 4.91. The summed E-state index contributed by atoms with van der Waals surface area (Å²) < 4.78 is 11.5. The lowest BCUT2D eigenvalue weighted by Gasteiger charge is -2.12. The van der Waals surface area contributed by atoms with Gasteiger partial charge in [0.15, 0.2) is 29.4 Å². The lowest BCUT2D eigenvalue weighted by Crippen LogP contribution is -3.00. The van der Waals surface area contributed by atoms with Crippen LogP contribution in [0.4, 0.5) is 0 Å². The largest absolute Gasteiger partial charge is 1.00 e. The summed E-state index contributed by atoms with van der Waals surface area (Å²) in [6.07, 6.45) is 2.03. The quantitative estimate of drug-likeness (QED) is 0.214. The average molecular weight is 602 g/mol. The fourth-order valence-electron chi connectivity index (χ4n) is 4.65. The van der Waals surface area contributed by atoms with Crippen LogP contribution >= 0.6 is 15.9 Å². The van der Waals surface area contributed by atoms with E-state index in [1.165, 1.54) is 0 Å². The van der Waals surface area contributed by atoms with Crippen molar-refractivity contribution in [1.29, 1.82) is 0 Å². The standard InChI is InChI=1S/C30H22BrN2O2.BrH/c31-24-16-14-21(15-17-24)27(34)19-32-20-33(26-12-6-5-11-25(26)32)30(22-8-2-1-3-9-22)29-18-23-10-4-7-13-28(23)35-29;/h1-18,20,30H,19H2;1H/q+1;/p-1. The number of hydrogen-bond donors (Lipinski definition) is 0. The molecule has 0 aliphatic heterocycles. The number of ketones is 1. The van der Waals surface area contributed by atoms with E-state index in [4.69, 9.17) is 4.42 Å². The molecule has 4 aromatic carbocycles. The van der Waals surface area contributed by atoms with Gasteiger partial charge in [-0.3, -0.25) is 4.79 Å². The minimum absolute atomic E-state index is 0. The Balaban J connectivity index is 0.00000267. The zero-order valence-corrected chi connectivity index (χ0v) is 22.4. The molecule has 0 N–H and O–H groups in total. The van der Waals surface area contributed by atoms with Gasteiger partial charge in [0.25, 0.3) is 0 Å². The molecule has 0 aliphatic rings. The first kappa shape index (κ1) is 24.2. The molecular weight excluding hydrogens is 580 g/mol. The molecular formula is C30H22Br2N2O2. The predicted molar refractivity (Wildman–Crippen MR) is 141 cm³/mol. The molecule has 0 spiro atoms. The molecule has 0 amide bonds. The van der Waals surface area contributed by atoms with E-state index < -0.39 is 0 Å². The summed E-state index contributed by atoms with van der Waals surface area (Å²) >= 11 is 3.44. The number of rotatable bonds is 6. The van der Waals surface area contributed by atoms with Crippen LogP contribution in [0.1, 0.15) is 27.7 Å². The van der Waals surface area contributed by atoms with Crippen molar-refractivity contribution in [2.24, 2.45) is 0 Å². The highest BCUT2D eigenvalue weighted by molar-refractivity contribution is 9.10. The molecule has 0 saturated carbocycles. The van der Waals surface area contributed by atoms with E-state index >= 15 is 0 Å². The van der Waals surface area contributed by atoms with Gasteiger partial charge in [-0.15, -0.1) is 0 Å². The highest BCUT2D eigenvalue weighted by atomic mass is 79.9. The topological polar surface area (TPSA) is 39.0 Å². The first-order valence-electron chi connectivity index (χ1n) is 11.5. The monoisotopic (exact) mass is 600 g/mol.